The topological polar surface area (TPSA) is 29.5 Å². The Morgan fingerprint density at radius 2 is 1.93 bits per heavy atom. The molecule has 0 heterocycles. The summed E-state index contributed by atoms with van der Waals surface area (Å²) in [6.07, 6.45) is 4.40. The smallest absolute Gasteiger partial charge is 0.0809 e. The number of aliphatic hydroxyl groups is 1. The van der Waals surface area contributed by atoms with Crippen molar-refractivity contribution in [3.63, 3.8) is 0 Å². The van der Waals surface area contributed by atoms with E-state index in [-0.39, 0.29) is 12.2 Å². The molecule has 1 saturated carbocycles. The van der Waals surface area contributed by atoms with E-state index >= 15 is 0 Å². The molecule has 0 amide bonds. The summed E-state index contributed by atoms with van der Waals surface area (Å²) in [5, 5.41) is 9.65. The molecule has 90 valence electrons. The Bertz CT molecular complexity index is 181. The Labute approximate surface area is 94.0 Å². The van der Waals surface area contributed by atoms with Gasteiger partial charge in [0.1, 0.15) is 0 Å². The molecule has 0 aliphatic heterocycles. The first-order chi connectivity index (χ1) is 7.04. The van der Waals surface area contributed by atoms with Gasteiger partial charge in [-0.3, -0.25) is 0 Å². The highest BCUT2D eigenvalue weighted by atomic mass is 16.5. The minimum Gasteiger partial charge on any atom is -0.390 e. The third-order valence-electron chi connectivity index (χ3n) is 3.92. The summed E-state index contributed by atoms with van der Waals surface area (Å²) in [5.41, 5.74) is 0. The van der Waals surface area contributed by atoms with E-state index < -0.39 is 0 Å². The van der Waals surface area contributed by atoms with E-state index in [0.717, 1.165) is 31.1 Å². The molecule has 0 radical (unpaired) electrons. The van der Waals surface area contributed by atoms with Gasteiger partial charge in [0.05, 0.1) is 18.3 Å². The molecule has 0 aromatic carbocycles. The minimum atomic E-state index is -0.306. The number of ether oxygens (including phenoxy) is 1. The molecule has 0 aromatic rings. The van der Waals surface area contributed by atoms with E-state index in [0.29, 0.717) is 6.10 Å². The van der Waals surface area contributed by atoms with Gasteiger partial charge in [-0.15, -0.1) is 0 Å². The third kappa shape index (κ3) is 3.76. The van der Waals surface area contributed by atoms with Crippen LogP contribution in [0.4, 0.5) is 0 Å². The van der Waals surface area contributed by atoms with Gasteiger partial charge in [-0.2, -0.15) is 0 Å². The van der Waals surface area contributed by atoms with Crippen molar-refractivity contribution in [1.82, 2.24) is 0 Å². The Hall–Kier alpha value is -0.0800. The van der Waals surface area contributed by atoms with Gasteiger partial charge in [-0.25, -0.2) is 0 Å². The molecule has 5 unspecified atom stereocenters. The molecule has 0 saturated heterocycles. The first-order valence-corrected chi connectivity index (χ1v) is 6.38. The van der Waals surface area contributed by atoms with Crippen molar-refractivity contribution in [2.45, 2.75) is 71.7 Å². The Morgan fingerprint density at radius 3 is 2.47 bits per heavy atom. The van der Waals surface area contributed by atoms with Crippen LogP contribution in [0.15, 0.2) is 0 Å². The fourth-order valence-corrected chi connectivity index (χ4v) is 2.35. The Morgan fingerprint density at radius 1 is 1.27 bits per heavy atom. The summed E-state index contributed by atoms with van der Waals surface area (Å²) < 4.78 is 5.91. The fourth-order valence-electron chi connectivity index (χ4n) is 2.35. The zero-order valence-electron chi connectivity index (χ0n) is 10.6. The zero-order valence-corrected chi connectivity index (χ0v) is 10.6. The highest BCUT2D eigenvalue weighted by Gasteiger charge is 2.27. The van der Waals surface area contributed by atoms with Crippen LogP contribution in [0.1, 0.15) is 53.4 Å². The average Bonchev–Trinajstić information content (AvgIpc) is 2.22. The number of aliphatic hydroxyl groups excluding tert-OH is 1. The van der Waals surface area contributed by atoms with Crippen molar-refractivity contribution < 1.29 is 9.84 Å². The normalized spacial score (nSPS) is 36.2. The highest BCUT2D eigenvalue weighted by molar-refractivity contribution is 4.77. The van der Waals surface area contributed by atoms with Crippen LogP contribution in [-0.2, 0) is 4.74 Å². The van der Waals surface area contributed by atoms with Crippen molar-refractivity contribution in [3.05, 3.63) is 0 Å². The molecule has 1 aliphatic carbocycles. The maximum atomic E-state index is 9.65. The predicted octanol–water partition coefficient (Wildman–Crippen LogP) is 2.99. The van der Waals surface area contributed by atoms with Gasteiger partial charge in [0, 0.05) is 0 Å². The van der Waals surface area contributed by atoms with E-state index in [4.69, 9.17) is 4.74 Å². The quantitative estimate of drug-likeness (QED) is 0.779. The van der Waals surface area contributed by atoms with Crippen LogP contribution in [0, 0.1) is 11.8 Å². The summed E-state index contributed by atoms with van der Waals surface area (Å²) in [4.78, 5) is 0. The van der Waals surface area contributed by atoms with Crippen LogP contribution >= 0.6 is 0 Å². The molecule has 5 atom stereocenters. The SMILES string of the molecule is CCC(O)C(C)OC1CCC(C)C(C)C1. The number of hydrogen-bond acceptors (Lipinski definition) is 2. The van der Waals surface area contributed by atoms with Crippen LogP contribution < -0.4 is 0 Å². The molecular weight excluding hydrogens is 188 g/mol. The van der Waals surface area contributed by atoms with Gasteiger partial charge in [0.2, 0.25) is 0 Å². The lowest BCUT2D eigenvalue weighted by molar-refractivity contribution is -0.0890. The molecule has 0 bridgehead atoms. The van der Waals surface area contributed by atoms with Crippen molar-refractivity contribution >= 4 is 0 Å². The van der Waals surface area contributed by atoms with Crippen LogP contribution in [-0.4, -0.2) is 23.4 Å². The van der Waals surface area contributed by atoms with Gasteiger partial charge in [-0.05, 0) is 44.4 Å². The summed E-state index contributed by atoms with van der Waals surface area (Å²) in [6, 6.07) is 0. The standard InChI is InChI=1S/C13H26O2/c1-5-13(14)11(4)15-12-7-6-9(2)10(3)8-12/h9-14H,5-8H2,1-4H3. The van der Waals surface area contributed by atoms with E-state index in [1.54, 1.807) is 0 Å². The van der Waals surface area contributed by atoms with Crippen LogP contribution in [0.25, 0.3) is 0 Å². The summed E-state index contributed by atoms with van der Waals surface area (Å²) in [5.74, 6) is 1.59. The minimum absolute atomic E-state index is 0.0133. The van der Waals surface area contributed by atoms with Gasteiger partial charge < -0.3 is 9.84 Å². The molecule has 0 aromatic heterocycles. The van der Waals surface area contributed by atoms with Gasteiger partial charge in [0.25, 0.3) is 0 Å². The van der Waals surface area contributed by atoms with Gasteiger partial charge >= 0.3 is 0 Å². The van der Waals surface area contributed by atoms with Crippen LogP contribution in [0.3, 0.4) is 0 Å². The van der Waals surface area contributed by atoms with Crippen LogP contribution in [0.2, 0.25) is 0 Å². The van der Waals surface area contributed by atoms with Crippen molar-refractivity contribution in [2.75, 3.05) is 0 Å². The maximum absolute atomic E-state index is 9.65. The van der Waals surface area contributed by atoms with E-state index in [1.165, 1.54) is 6.42 Å². The monoisotopic (exact) mass is 214 g/mol. The largest absolute Gasteiger partial charge is 0.390 e. The van der Waals surface area contributed by atoms with Gasteiger partial charge in [0.15, 0.2) is 0 Å². The molecule has 1 N–H and O–H groups in total. The molecule has 1 fully saturated rings. The summed E-state index contributed by atoms with van der Waals surface area (Å²) in [6.45, 7) is 8.61. The lowest BCUT2D eigenvalue weighted by Gasteiger charge is -2.34. The maximum Gasteiger partial charge on any atom is 0.0809 e. The molecular formula is C13H26O2. The van der Waals surface area contributed by atoms with Crippen molar-refractivity contribution in [1.29, 1.82) is 0 Å². The molecule has 2 heteroatoms. The molecule has 1 rings (SSSR count). The van der Waals surface area contributed by atoms with E-state index in [9.17, 15) is 5.11 Å². The zero-order chi connectivity index (χ0) is 11.4. The third-order valence-corrected chi connectivity index (χ3v) is 3.92. The summed E-state index contributed by atoms with van der Waals surface area (Å²) in [7, 11) is 0. The van der Waals surface area contributed by atoms with Gasteiger partial charge in [-0.1, -0.05) is 20.8 Å². The van der Waals surface area contributed by atoms with E-state index in [1.807, 2.05) is 13.8 Å². The second-order valence-corrected chi connectivity index (χ2v) is 5.21. The lowest BCUT2D eigenvalue weighted by atomic mass is 9.80. The highest BCUT2D eigenvalue weighted by Crippen LogP contribution is 2.31. The molecule has 15 heavy (non-hydrogen) atoms. The number of hydrogen-bond donors (Lipinski definition) is 1. The fraction of sp³-hybridized carbons (Fsp3) is 1.00. The molecule has 1 aliphatic rings. The predicted molar refractivity (Wildman–Crippen MR) is 62.8 cm³/mol. The second-order valence-electron chi connectivity index (χ2n) is 5.21. The average molecular weight is 214 g/mol. The molecule has 0 spiro atoms. The Balaban J connectivity index is 2.33. The van der Waals surface area contributed by atoms with Crippen molar-refractivity contribution in [2.24, 2.45) is 11.8 Å². The first kappa shape index (κ1) is 13.0. The number of rotatable bonds is 4. The lowest BCUT2D eigenvalue weighted by Crippen LogP contribution is -2.34. The molecule has 2 nitrogen and oxygen atoms in total. The van der Waals surface area contributed by atoms with Crippen LogP contribution in [0.5, 0.6) is 0 Å². The van der Waals surface area contributed by atoms with Crippen molar-refractivity contribution in [3.8, 4) is 0 Å². The first-order valence-electron chi connectivity index (χ1n) is 6.38. The summed E-state index contributed by atoms with van der Waals surface area (Å²) >= 11 is 0. The second kappa shape index (κ2) is 5.86. The van der Waals surface area contributed by atoms with E-state index in [2.05, 4.69) is 13.8 Å². The Kier molecular flexibility index (Phi) is 5.07.